The first-order valence-corrected chi connectivity index (χ1v) is 18.1. The summed E-state index contributed by atoms with van der Waals surface area (Å²) in [6.07, 6.45) is 0.828. The first-order chi connectivity index (χ1) is 24.1. The Morgan fingerprint density at radius 2 is 1.31 bits per heavy atom. The minimum absolute atomic E-state index is 0.102. The van der Waals surface area contributed by atoms with Gasteiger partial charge in [-0.1, -0.05) is 77.1 Å². The number of halogens is 1. The molecular formula is C38H51FN6O5S. The highest BCUT2D eigenvalue weighted by Crippen LogP contribution is 2.33. The zero-order chi connectivity index (χ0) is 37.8. The van der Waals surface area contributed by atoms with Crippen LogP contribution in [0.15, 0.2) is 54.6 Å². The van der Waals surface area contributed by atoms with Gasteiger partial charge in [0.1, 0.15) is 17.9 Å². The molecule has 2 aromatic carbocycles. The molecule has 276 valence electrons. The van der Waals surface area contributed by atoms with E-state index in [1.165, 1.54) is 12.1 Å². The van der Waals surface area contributed by atoms with E-state index in [9.17, 15) is 28.4 Å². The molecule has 5 amide bonds. The molecule has 1 unspecified atom stereocenters. The summed E-state index contributed by atoms with van der Waals surface area (Å²) in [5, 5.41) is 14.6. The van der Waals surface area contributed by atoms with Crippen molar-refractivity contribution in [3.63, 3.8) is 0 Å². The van der Waals surface area contributed by atoms with Crippen LogP contribution in [0.4, 0.5) is 9.39 Å². The highest BCUT2D eigenvalue weighted by atomic mass is 32.1. The van der Waals surface area contributed by atoms with E-state index in [2.05, 4.69) is 26.6 Å². The lowest BCUT2D eigenvalue weighted by Crippen LogP contribution is -2.58. The number of carbonyl (C=O) groups is 5. The van der Waals surface area contributed by atoms with Crippen LogP contribution in [0.25, 0.3) is 0 Å². The van der Waals surface area contributed by atoms with Crippen molar-refractivity contribution in [3.8, 4) is 0 Å². The number of hydrogen-bond acceptors (Lipinski definition) is 7. The summed E-state index contributed by atoms with van der Waals surface area (Å²) in [5.74, 6) is -3.39. The minimum Gasteiger partial charge on any atom is -0.353 e. The third-order valence-corrected chi connectivity index (χ3v) is 10.0. The molecule has 51 heavy (non-hydrogen) atoms. The van der Waals surface area contributed by atoms with Crippen molar-refractivity contribution in [2.24, 2.45) is 17.6 Å². The molecule has 0 saturated carbocycles. The molecule has 1 heterocycles. The van der Waals surface area contributed by atoms with E-state index >= 15 is 0 Å². The van der Waals surface area contributed by atoms with Crippen LogP contribution < -0.4 is 32.3 Å². The Balaban J connectivity index is 1.54. The number of benzene rings is 2. The van der Waals surface area contributed by atoms with E-state index in [1.807, 2.05) is 44.2 Å². The Kier molecular flexibility index (Phi) is 15.3. The fourth-order valence-electron chi connectivity index (χ4n) is 5.48. The first kappa shape index (κ1) is 40.8. The van der Waals surface area contributed by atoms with E-state index in [1.54, 1.807) is 46.8 Å². The van der Waals surface area contributed by atoms with Crippen LogP contribution in [0.1, 0.15) is 78.9 Å². The van der Waals surface area contributed by atoms with Crippen LogP contribution >= 0.6 is 11.3 Å². The molecule has 3 rings (SSSR count). The van der Waals surface area contributed by atoms with Gasteiger partial charge in [0.05, 0.1) is 21.8 Å². The van der Waals surface area contributed by atoms with Gasteiger partial charge in [-0.25, -0.2) is 4.39 Å². The van der Waals surface area contributed by atoms with Crippen LogP contribution in [-0.2, 0) is 25.6 Å². The zero-order valence-corrected chi connectivity index (χ0v) is 31.2. The molecule has 0 aliphatic rings. The van der Waals surface area contributed by atoms with Gasteiger partial charge in [-0.2, -0.15) is 0 Å². The van der Waals surface area contributed by atoms with Crippen LogP contribution in [0.5, 0.6) is 0 Å². The normalized spacial score (nSPS) is 13.5. The Hall–Kier alpha value is -4.62. The highest BCUT2D eigenvalue weighted by Gasteiger charge is 2.31. The van der Waals surface area contributed by atoms with Gasteiger partial charge in [-0.15, -0.1) is 11.3 Å². The third kappa shape index (κ3) is 11.4. The van der Waals surface area contributed by atoms with Crippen molar-refractivity contribution in [1.29, 1.82) is 0 Å². The van der Waals surface area contributed by atoms with Crippen LogP contribution in [0.3, 0.4) is 0 Å². The van der Waals surface area contributed by atoms with Crippen LogP contribution in [0.2, 0.25) is 0 Å². The second-order valence-electron chi connectivity index (χ2n) is 13.3. The maximum atomic E-state index is 13.4. The van der Waals surface area contributed by atoms with Crippen molar-refractivity contribution < 1.29 is 28.4 Å². The molecule has 11 nitrogen and oxygen atoms in total. The average Bonchev–Trinajstić information content (AvgIpc) is 3.37. The number of carbonyl (C=O) groups excluding carboxylic acids is 5. The summed E-state index contributed by atoms with van der Waals surface area (Å²) in [5.41, 5.74) is 9.23. The fourth-order valence-corrected chi connectivity index (χ4v) is 6.62. The second kappa shape index (κ2) is 19.1. The van der Waals surface area contributed by atoms with Gasteiger partial charge >= 0.3 is 0 Å². The SMILES string of the molecule is CCC(C(=O)Nc1sc(C(=O)NCCNC(=O)[C@@H](NC(=O)[C@@H](NC(=O)[C@@H](N)Cc2ccccc2)C(C)C)C(C)C)c(C)c1C)c1ccc(F)cc1. The van der Waals surface area contributed by atoms with Gasteiger partial charge in [-0.3, -0.25) is 24.0 Å². The number of rotatable bonds is 17. The predicted octanol–water partition coefficient (Wildman–Crippen LogP) is 4.33. The van der Waals surface area contributed by atoms with Crippen molar-refractivity contribution >= 4 is 45.9 Å². The number of nitrogens with two attached hydrogens (primary N) is 1. The summed E-state index contributed by atoms with van der Waals surface area (Å²) in [6.45, 7) is 12.9. The molecule has 0 aliphatic heterocycles. The molecule has 0 spiro atoms. The first-order valence-electron chi connectivity index (χ1n) is 17.3. The maximum Gasteiger partial charge on any atom is 0.261 e. The zero-order valence-electron chi connectivity index (χ0n) is 30.4. The topological polar surface area (TPSA) is 172 Å². The fraction of sp³-hybridized carbons (Fsp3) is 0.447. The monoisotopic (exact) mass is 722 g/mol. The highest BCUT2D eigenvalue weighted by molar-refractivity contribution is 7.18. The summed E-state index contributed by atoms with van der Waals surface area (Å²) >= 11 is 1.16. The lowest BCUT2D eigenvalue weighted by Gasteiger charge is -2.27. The lowest BCUT2D eigenvalue weighted by molar-refractivity contribution is -0.134. The molecule has 13 heteroatoms. The Bertz CT molecular complexity index is 1660. The molecule has 7 N–H and O–H groups in total. The quantitative estimate of drug-likeness (QED) is 0.113. The van der Waals surface area contributed by atoms with Gasteiger partial charge in [0.15, 0.2) is 0 Å². The molecule has 4 atom stereocenters. The summed E-state index contributed by atoms with van der Waals surface area (Å²) < 4.78 is 13.4. The lowest BCUT2D eigenvalue weighted by atomic mass is 9.95. The van der Waals surface area contributed by atoms with E-state index < -0.39 is 41.8 Å². The van der Waals surface area contributed by atoms with Gasteiger partial charge < -0.3 is 32.3 Å². The van der Waals surface area contributed by atoms with Crippen LogP contribution in [0, 0.1) is 31.5 Å². The summed E-state index contributed by atoms with van der Waals surface area (Å²) in [6, 6.07) is 12.5. The van der Waals surface area contributed by atoms with Crippen molar-refractivity contribution in [2.75, 3.05) is 18.4 Å². The smallest absolute Gasteiger partial charge is 0.261 e. The summed E-state index contributed by atoms with van der Waals surface area (Å²) in [7, 11) is 0. The Labute approximate surface area is 303 Å². The van der Waals surface area contributed by atoms with Gasteiger partial charge in [0.2, 0.25) is 23.6 Å². The largest absolute Gasteiger partial charge is 0.353 e. The van der Waals surface area contributed by atoms with Crippen molar-refractivity contribution in [1.82, 2.24) is 21.3 Å². The number of hydrogen-bond donors (Lipinski definition) is 6. The molecule has 1 aromatic heterocycles. The molecule has 0 radical (unpaired) electrons. The molecule has 0 fully saturated rings. The molecule has 0 aliphatic carbocycles. The maximum absolute atomic E-state index is 13.4. The number of thiophene rings is 1. The second-order valence-corrected chi connectivity index (χ2v) is 14.3. The van der Waals surface area contributed by atoms with Gasteiger partial charge in [-0.05, 0) is 72.9 Å². The predicted molar refractivity (Wildman–Crippen MR) is 199 cm³/mol. The third-order valence-electron chi connectivity index (χ3n) is 8.73. The summed E-state index contributed by atoms with van der Waals surface area (Å²) in [4.78, 5) is 66.0. The van der Waals surface area contributed by atoms with Gasteiger partial charge in [0.25, 0.3) is 5.91 Å². The molecule has 0 bridgehead atoms. The van der Waals surface area contributed by atoms with E-state index in [0.29, 0.717) is 28.3 Å². The van der Waals surface area contributed by atoms with Crippen molar-refractivity contribution in [3.05, 3.63) is 87.5 Å². The van der Waals surface area contributed by atoms with E-state index in [-0.39, 0.29) is 42.6 Å². The van der Waals surface area contributed by atoms with E-state index in [0.717, 1.165) is 28.0 Å². The molecular weight excluding hydrogens is 672 g/mol. The molecule has 0 saturated heterocycles. The number of amides is 5. The Morgan fingerprint density at radius 3 is 1.90 bits per heavy atom. The van der Waals surface area contributed by atoms with Gasteiger partial charge in [0, 0.05) is 13.1 Å². The minimum atomic E-state index is -0.907. The number of anilines is 1. The molecule has 3 aromatic rings. The van der Waals surface area contributed by atoms with E-state index in [4.69, 9.17) is 5.73 Å². The average molecular weight is 723 g/mol. The Morgan fingerprint density at radius 1 is 0.745 bits per heavy atom. The number of nitrogens with one attached hydrogen (secondary N) is 5. The van der Waals surface area contributed by atoms with Crippen LogP contribution in [-0.4, -0.2) is 60.8 Å². The van der Waals surface area contributed by atoms with Crippen molar-refractivity contribution in [2.45, 2.75) is 85.4 Å². The standard InChI is InChI=1S/C38H51FN6O5S/c1-8-28(26-14-16-27(39)17-15-26)33(46)45-38-24(7)23(6)32(51-38)37(50)42-19-18-41-35(48)30(21(2)3)44-36(49)31(22(4)5)43-34(47)29(40)20-25-12-10-9-11-13-25/h9-17,21-22,28-31H,8,18-20,40H2,1-7H3,(H,41,48)(H,42,50)(H,43,47)(H,44,49)(H,45,46)/t28?,29-,30-,31-/m0/s1.